The Hall–Kier alpha value is -1.47. The second-order valence-electron chi connectivity index (χ2n) is 7.19. The number of carbonyl (C=O) groups is 2. The van der Waals surface area contributed by atoms with E-state index in [0.29, 0.717) is 39.3 Å². The molecule has 0 aromatic heterocycles. The SMILES string of the molecule is CCCCNC(=O)[C@H](CC)N(Cc1ccc(Cl)cc1Cl)C(=O)COc1ccc(Br)cc1Cl. The Balaban J connectivity index is 2.24. The van der Waals surface area contributed by atoms with Crippen LogP contribution in [-0.2, 0) is 16.1 Å². The number of amides is 2. The van der Waals surface area contributed by atoms with Crippen LogP contribution in [0.2, 0.25) is 15.1 Å². The molecule has 0 aliphatic rings. The highest BCUT2D eigenvalue weighted by Crippen LogP contribution is 2.28. The predicted octanol–water partition coefficient (Wildman–Crippen LogP) is 6.51. The second-order valence-corrected chi connectivity index (χ2v) is 9.36. The highest BCUT2D eigenvalue weighted by Gasteiger charge is 2.29. The number of benzene rings is 2. The Morgan fingerprint density at radius 3 is 2.47 bits per heavy atom. The van der Waals surface area contributed by atoms with Crippen molar-refractivity contribution in [3.63, 3.8) is 0 Å². The first-order valence-electron chi connectivity index (χ1n) is 10.4. The molecule has 0 spiro atoms. The zero-order valence-electron chi connectivity index (χ0n) is 18.0. The van der Waals surface area contributed by atoms with Gasteiger partial charge in [-0.05, 0) is 48.7 Å². The molecule has 2 aromatic rings. The number of unbranched alkanes of at least 4 members (excludes halogenated alkanes) is 1. The summed E-state index contributed by atoms with van der Waals surface area (Å²) in [6.07, 6.45) is 2.26. The molecular weight excluding hydrogens is 539 g/mol. The van der Waals surface area contributed by atoms with Crippen LogP contribution in [0.1, 0.15) is 38.7 Å². The molecule has 0 saturated heterocycles. The van der Waals surface area contributed by atoms with Crippen molar-refractivity contribution in [1.82, 2.24) is 10.2 Å². The van der Waals surface area contributed by atoms with Crippen LogP contribution in [0.15, 0.2) is 40.9 Å². The van der Waals surface area contributed by atoms with Gasteiger partial charge in [0.1, 0.15) is 11.8 Å². The summed E-state index contributed by atoms with van der Waals surface area (Å²) in [7, 11) is 0. The van der Waals surface area contributed by atoms with Crippen molar-refractivity contribution < 1.29 is 14.3 Å². The van der Waals surface area contributed by atoms with Gasteiger partial charge in [-0.1, -0.05) is 77.1 Å². The molecular formula is C23H26BrCl3N2O3. The molecule has 1 atom stereocenters. The largest absolute Gasteiger partial charge is 0.482 e. The van der Waals surface area contributed by atoms with Crippen molar-refractivity contribution in [2.75, 3.05) is 13.2 Å². The fraction of sp³-hybridized carbons (Fsp3) is 0.391. The standard InChI is InChI=1S/C23H26BrCl3N2O3/c1-3-5-10-28-23(31)20(4-2)29(13-15-6-8-17(25)12-18(15)26)22(30)14-32-21-9-7-16(24)11-19(21)27/h6-9,11-12,20H,3-5,10,13-14H2,1-2H3,(H,28,31)/t20-/m0/s1. The van der Waals surface area contributed by atoms with E-state index in [2.05, 4.69) is 21.2 Å². The minimum absolute atomic E-state index is 0.145. The smallest absolute Gasteiger partial charge is 0.261 e. The van der Waals surface area contributed by atoms with E-state index < -0.39 is 6.04 Å². The van der Waals surface area contributed by atoms with Crippen LogP contribution in [-0.4, -0.2) is 35.9 Å². The normalized spacial score (nSPS) is 11.7. The molecule has 2 rings (SSSR count). The number of nitrogens with zero attached hydrogens (tertiary/aromatic N) is 1. The van der Waals surface area contributed by atoms with Crippen molar-refractivity contribution in [1.29, 1.82) is 0 Å². The van der Waals surface area contributed by atoms with E-state index in [-0.39, 0.29) is 25.0 Å². The van der Waals surface area contributed by atoms with Gasteiger partial charge in [0.15, 0.2) is 6.61 Å². The van der Waals surface area contributed by atoms with Crippen LogP contribution in [0.4, 0.5) is 0 Å². The molecule has 0 saturated carbocycles. The summed E-state index contributed by atoms with van der Waals surface area (Å²) < 4.78 is 6.47. The predicted molar refractivity (Wildman–Crippen MR) is 134 cm³/mol. The molecule has 2 aromatic carbocycles. The van der Waals surface area contributed by atoms with Gasteiger partial charge in [-0.25, -0.2) is 0 Å². The molecule has 2 amide bonds. The van der Waals surface area contributed by atoms with Gasteiger partial charge in [-0.2, -0.15) is 0 Å². The Morgan fingerprint density at radius 2 is 1.84 bits per heavy atom. The lowest BCUT2D eigenvalue weighted by Gasteiger charge is -2.31. The minimum atomic E-state index is -0.671. The Kier molecular flexibility index (Phi) is 11.1. The molecule has 174 valence electrons. The molecule has 0 heterocycles. The van der Waals surface area contributed by atoms with Crippen molar-refractivity contribution in [2.24, 2.45) is 0 Å². The first kappa shape index (κ1) is 26.8. The molecule has 0 aliphatic heterocycles. The zero-order chi connectivity index (χ0) is 23.7. The fourth-order valence-electron chi connectivity index (χ4n) is 3.07. The molecule has 32 heavy (non-hydrogen) atoms. The van der Waals surface area contributed by atoms with Crippen molar-refractivity contribution in [3.8, 4) is 5.75 Å². The van der Waals surface area contributed by atoms with Crippen molar-refractivity contribution >= 4 is 62.5 Å². The van der Waals surface area contributed by atoms with E-state index in [1.54, 1.807) is 36.4 Å². The van der Waals surface area contributed by atoms with Crippen molar-refractivity contribution in [2.45, 2.75) is 45.7 Å². The van der Waals surface area contributed by atoms with Crippen molar-refractivity contribution in [3.05, 3.63) is 61.5 Å². The molecule has 0 bridgehead atoms. The van der Waals surface area contributed by atoms with Gasteiger partial charge >= 0.3 is 0 Å². The van der Waals surface area contributed by atoms with E-state index in [1.807, 2.05) is 13.8 Å². The number of hydrogen-bond donors (Lipinski definition) is 1. The minimum Gasteiger partial charge on any atom is -0.482 e. The Morgan fingerprint density at radius 1 is 1.09 bits per heavy atom. The van der Waals surface area contributed by atoms with Crippen LogP contribution in [0.25, 0.3) is 0 Å². The van der Waals surface area contributed by atoms with Crippen LogP contribution >= 0.6 is 50.7 Å². The van der Waals surface area contributed by atoms with E-state index >= 15 is 0 Å². The van der Waals surface area contributed by atoms with Crippen LogP contribution < -0.4 is 10.1 Å². The maximum atomic E-state index is 13.2. The monoisotopic (exact) mass is 562 g/mol. The quantitative estimate of drug-likeness (QED) is 0.317. The van der Waals surface area contributed by atoms with E-state index in [1.165, 1.54) is 4.90 Å². The number of hydrogen-bond acceptors (Lipinski definition) is 3. The summed E-state index contributed by atoms with van der Waals surface area (Å²) in [5.41, 5.74) is 0.686. The van der Waals surface area contributed by atoms with E-state index in [0.717, 1.165) is 17.3 Å². The number of ether oxygens (including phenoxy) is 1. The van der Waals surface area contributed by atoms with Gasteiger partial charge in [0, 0.05) is 27.6 Å². The molecule has 1 N–H and O–H groups in total. The highest BCUT2D eigenvalue weighted by atomic mass is 79.9. The lowest BCUT2D eigenvalue weighted by atomic mass is 10.1. The number of nitrogens with one attached hydrogen (secondary N) is 1. The summed E-state index contributed by atoms with van der Waals surface area (Å²) in [5.74, 6) is -0.179. The average molecular weight is 565 g/mol. The van der Waals surface area contributed by atoms with Gasteiger partial charge < -0.3 is 15.0 Å². The Bertz CT molecular complexity index is 943. The molecule has 0 radical (unpaired) electrons. The third kappa shape index (κ3) is 7.84. The van der Waals surface area contributed by atoms with Gasteiger partial charge in [0.25, 0.3) is 5.91 Å². The fourth-order valence-corrected chi connectivity index (χ4v) is 4.27. The average Bonchev–Trinajstić information content (AvgIpc) is 2.74. The van der Waals surface area contributed by atoms with Crippen LogP contribution in [0.5, 0.6) is 5.75 Å². The third-order valence-electron chi connectivity index (χ3n) is 4.82. The molecule has 0 fully saturated rings. The van der Waals surface area contributed by atoms with E-state index in [4.69, 9.17) is 39.5 Å². The summed E-state index contributed by atoms with van der Waals surface area (Å²) in [4.78, 5) is 27.6. The first-order chi connectivity index (χ1) is 15.3. The summed E-state index contributed by atoms with van der Waals surface area (Å²) in [6, 6.07) is 9.52. The zero-order valence-corrected chi connectivity index (χ0v) is 21.8. The lowest BCUT2D eigenvalue weighted by Crippen LogP contribution is -2.50. The Labute approximate surface area is 212 Å². The summed E-state index contributed by atoms with van der Waals surface area (Å²) in [6.45, 7) is 4.34. The van der Waals surface area contributed by atoms with Gasteiger partial charge in [-0.15, -0.1) is 0 Å². The topological polar surface area (TPSA) is 58.6 Å². The van der Waals surface area contributed by atoms with Gasteiger partial charge in [0.2, 0.25) is 5.91 Å². The molecule has 9 heteroatoms. The highest BCUT2D eigenvalue weighted by molar-refractivity contribution is 9.10. The van der Waals surface area contributed by atoms with Crippen LogP contribution in [0, 0.1) is 0 Å². The maximum absolute atomic E-state index is 13.2. The number of carbonyl (C=O) groups excluding carboxylic acids is 2. The second kappa shape index (κ2) is 13.3. The van der Waals surface area contributed by atoms with Gasteiger partial charge in [0.05, 0.1) is 5.02 Å². The third-order valence-corrected chi connectivity index (χ3v) is 6.19. The number of rotatable bonds is 11. The number of halogens is 4. The first-order valence-corrected chi connectivity index (χ1v) is 12.3. The molecule has 5 nitrogen and oxygen atoms in total. The molecule has 0 unspecified atom stereocenters. The summed E-state index contributed by atoms with van der Waals surface area (Å²) in [5, 5.41) is 4.21. The van der Waals surface area contributed by atoms with Gasteiger partial charge in [-0.3, -0.25) is 9.59 Å². The lowest BCUT2D eigenvalue weighted by molar-refractivity contribution is -0.143. The van der Waals surface area contributed by atoms with E-state index in [9.17, 15) is 9.59 Å². The molecule has 0 aliphatic carbocycles. The maximum Gasteiger partial charge on any atom is 0.261 e. The summed E-state index contributed by atoms with van der Waals surface area (Å²) >= 11 is 21.9. The van der Waals surface area contributed by atoms with Crippen LogP contribution in [0.3, 0.4) is 0 Å².